The Morgan fingerprint density at radius 2 is 2.40 bits per heavy atom. The highest BCUT2D eigenvalue weighted by Crippen LogP contribution is 2.22. The first-order valence-corrected chi connectivity index (χ1v) is 6.14. The summed E-state index contributed by atoms with van der Waals surface area (Å²) < 4.78 is 0. The fourth-order valence-electron chi connectivity index (χ4n) is 1.68. The lowest BCUT2D eigenvalue weighted by molar-refractivity contribution is -0.127. The van der Waals surface area contributed by atoms with E-state index in [1.165, 1.54) is 11.8 Å². The average molecular weight is 231 g/mol. The summed E-state index contributed by atoms with van der Waals surface area (Å²) in [5, 5.41) is 8.78. The van der Waals surface area contributed by atoms with E-state index in [9.17, 15) is 9.59 Å². The minimum absolute atomic E-state index is 0.108. The van der Waals surface area contributed by atoms with Crippen molar-refractivity contribution in [3.8, 4) is 0 Å². The third-order valence-electron chi connectivity index (χ3n) is 2.40. The highest BCUT2D eigenvalue weighted by molar-refractivity contribution is 8.13. The average Bonchev–Trinajstić information content (AvgIpc) is 2.53. The number of hydrogen-bond acceptors (Lipinski definition) is 4. The van der Waals surface area contributed by atoms with Gasteiger partial charge in [-0.3, -0.25) is 9.59 Å². The molecule has 1 N–H and O–H groups in total. The Balaban J connectivity index is 2.28. The minimum atomic E-state index is 0.108. The van der Waals surface area contributed by atoms with E-state index in [-0.39, 0.29) is 17.6 Å². The van der Waals surface area contributed by atoms with Crippen LogP contribution in [0, 0.1) is 5.92 Å². The molecule has 1 unspecified atom stereocenters. The summed E-state index contributed by atoms with van der Waals surface area (Å²) in [7, 11) is 0. The van der Waals surface area contributed by atoms with Crippen molar-refractivity contribution >= 4 is 22.8 Å². The first kappa shape index (κ1) is 12.5. The standard InChI is InChI=1S/C10H17NO3S/c1-8(13)15-7-9-5-10(14)11(6-9)3-2-4-12/h9,12H,2-7H2,1H3. The van der Waals surface area contributed by atoms with Gasteiger partial charge in [-0.1, -0.05) is 11.8 Å². The van der Waals surface area contributed by atoms with E-state index in [1.54, 1.807) is 11.8 Å². The van der Waals surface area contributed by atoms with Gasteiger partial charge in [0.1, 0.15) is 0 Å². The summed E-state index contributed by atoms with van der Waals surface area (Å²) >= 11 is 1.29. The van der Waals surface area contributed by atoms with Crippen molar-refractivity contribution in [2.24, 2.45) is 5.92 Å². The Bertz CT molecular complexity index is 245. The van der Waals surface area contributed by atoms with Gasteiger partial charge in [0.15, 0.2) is 5.12 Å². The summed E-state index contributed by atoms with van der Waals surface area (Å²) in [6.45, 7) is 3.04. The van der Waals surface area contributed by atoms with Crippen molar-refractivity contribution < 1.29 is 14.7 Å². The van der Waals surface area contributed by atoms with Crippen LogP contribution in [0.2, 0.25) is 0 Å². The monoisotopic (exact) mass is 231 g/mol. The van der Waals surface area contributed by atoms with Crippen molar-refractivity contribution in [1.82, 2.24) is 4.90 Å². The van der Waals surface area contributed by atoms with Crippen LogP contribution in [0.5, 0.6) is 0 Å². The molecule has 0 aliphatic carbocycles. The van der Waals surface area contributed by atoms with E-state index in [0.717, 1.165) is 12.3 Å². The maximum absolute atomic E-state index is 11.5. The minimum Gasteiger partial charge on any atom is -0.396 e. The molecule has 1 saturated heterocycles. The van der Waals surface area contributed by atoms with Crippen molar-refractivity contribution in [2.45, 2.75) is 19.8 Å². The molecule has 5 heteroatoms. The maximum Gasteiger partial charge on any atom is 0.222 e. The van der Waals surface area contributed by atoms with E-state index in [4.69, 9.17) is 5.11 Å². The highest BCUT2D eigenvalue weighted by atomic mass is 32.2. The van der Waals surface area contributed by atoms with E-state index < -0.39 is 0 Å². The number of carbonyl (C=O) groups is 2. The molecule has 0 aromatic rings. The zero-order valence-corrected chi connectivity index (χ0v) is 9.76. The molecule has 0 saturated carbocycles. The van der Waals surface area contributed by atoms with Gasteiger partial charge in [0.05, 0.1) is 0 Å². The molecular weight excluding hydrogens is 214 g/mol. The molecule has 0 aromatic heterocycles. The summed E-state index contributed by atoms with van der Waals surface area (Å²) in [5.41, 5.74) is 0. The Kier molecular flexibility index (Phi) is 5.11. The number of nitrogens with zero attached hydrogens (tertiary/aromatic N) is 1. The molecule has 1 amide bonds. The largest absolute Gasteiger partial charge is 0.396 e. The molecule has 4 nitrogen and oxygen atoms in total. The van der Waals surface area contributed by atoms with Crippen LogP contribution in [0.4, 0.5) is 0 Å². The molecular formula is C10H17NO3S. The second-order valence-corrected chi connectivity index (χ2v) is 4.99. The van der Waals surface area contributed by atoms with Gasteiger partial charge in [0.25, 0.3) is 0 Å². The van der Waals surface area contributed by atoms with E-state index in [0.29, 0.717) is 25.3 Å². The molecule has 1 fully saturated rings. The van der Waals surface area contributed by atoms with Gasteiger partial charge in [-0.25, -0.2) is 0 Å². The molecule has 1 aliphatic heterocycles. The van der Waals surface area contributed by atoms with Gasteiger partial charge in [0, 0.05) is 38.8 Å². The Morgan fingerprint density at radius 1 is 1.67 bits per heavy atom. The molecule has 1 atom stereocenters. The molecule has 86 valence electrons. The molecule has 15 heavy (non-hydrogen) atoms. The van der Waals surface area contributed by atoms with Crippen LogP contribution in [0.1, 0.15) is 19.8 Å². The summed E-state index contributed by atoms with van der Waals surface area (Å²) in [4.78, 5) is 24.0. The molecule has 0 spiro atoms. The lowest BCUT2D eigenvalue weighted by Crippen LogP contribution is -2.27. The molecule has 1 heterocycles. The van der Waals surface area contributed by atoms with Crippen LogP contribution >= 0.6 is 11.8 Å². The number of amides is 1. The van der Waals surface area contributed by atoms with Gasteiger partial charge in [-0.05, 0) is 12.3 Å². The number of carbonyl (C=O) groups excluding carboxylic acids is 2. The Hall–Kier alpha value is -0.550. The molecule has 0 bridgehead atoms. The van der Waals surface area contributed by atoms with Crippen molar-refractivity contribution in [2.75, 3.05) is 25.4 Å². The summed E-state index contributed by atoms with van der Waals surface area (Å²) in [5.74, 6) is 1.18. The van der Waals surface area contributed by atoms with Crippen molar-refractivity contribution in [1.29, 1.82) is 0 Å². The number of rotatable bonds is 5. The fourth-order valence-corrected chi connectivity index (χ4v) is 2.37. The van der Waals surface area contributed by atoms with Gasteiger partial charge >= 0.3 is 0 Å². The van der Waals surface area contributed by atoms with E-state index in [2.05, 4.69) is 0 Å². The van der Waals surface area contributed by atoms with Gasteiger partial charge in [0.2, 0.25) is 5.91 Å². The predicted octanol–water partition coefficient (Wildman–Crippen LogP) is 0.497. The first-order valence-electron chi connectivity index (χ1n) is 5.15. The molecule has 1 aliphatic rings. The number of hydrogen-bond donors (Lipinski definition) is 1. The number of aliphatic hydroxyl groups excluding tert-OH is 1. The molecule has 1 rings (SSSR count). The van der Waals surface area contributed by atoms with Crippen LogP contribution in [0.25, 0.3) is 0 Å². The highest BCUT2D eigenvalue weighted by Gasteiger charge is 2.28. The van der Waals surface area contributed by atoms with Gasteiger partial charge < -0.3 is 10.0 Å². The van der Waals surface area contributed by atoms with E-state index in [1.807, 2.05) is 0 Å². The van der Waals surface area contributed by atoms with Gasteiger partial charge in [-0.15, -0.1) is 0 Å². The van der Waals surface area contributed by atoms with Crippen molar-refractivity contribution in [3.05, 3.63) is 0 Å². The van der Waals surface area contributed by atoms with Gasteiger partial charge in [-0.2, -0.15) is 0 Å². The number of aliphatic hydroxyl groups is 1. The predicted molar refractivity (Wildman–Crippen MR) is 59.5 cm³/mol. The first-order chi connectivity index (χ1) is 7.13. The quantitative estimate of drug-likeness (QED) is 0.748. The third-order valence-corrected chi connectivity index (χ3v) is 3.45. The van der Waals surface area contributed by atoms with Crippen LogP contribution in [-0.2, 0) is 9.59 Å². The maximum atomic E-state index is 11.5. The van der Waals surface area contributed by atoms with Crippen LogP contribution in [0.15, 0.2) is 0 Å². The van der Waals surface area contributed by atoms with Crippen LogP contribution < -0.4 is 0 Å². The van der Waals surface area contributed by atoms with Crippen LogP contribution in [0.3, 0.4) is 0 Å². The summed E-state index contributed by atoms with van der Waals surface area (Å²) in [6.07, 6.45) is 1.18. The van der Waals surface area contributed by atoms with Crippen molar-refractivity contribution in [3.63, 3.8) is 0 Å². The second-order valence-electron chi connectivity index (χ2n) is 3.79. The molecule has 0 aromatic carbocycles. The topological polar surface area (TPSA) is 57.6 Å². The number of likely N-dealkylation sites (tertiary alicyclic amines) is 1. The summed E-state index contributed by atoms with van der Waals surface area (Å²) in [6, 6.07) is 0. The van der Waals surface area contributed by atoms with E-state index >= 15 is 0 Å². The Morgan fingerprint density at radius 3 is 3.00 bits per heavy atom. The smallest absolute Gasteiger partial charge is 0.222 e. The SMILES string of the molecule is CC(=O)SCC1CC(=O)N(CCCO)C1. The third kappa shape index (κ3) is 4.22. The Labute approximate surface area is 94.0 Å². The zero-order valence-electron chi connectivity index (χ0n) is 8.94. The fraction of sp³-hybridized carbons (Fsp3) is 0.800. The lowest BCUT2D eigenvalue weighted by Gasteiger charge is -2.15. The molecule has 0 radical (unpaired) electrons. The lowest BCUT2D eigenvalue weighted by atomic mass is 10.1. The second kappa shape index (κ2) is 6.12. The van der Waals surface area contributed by atoms with Crippen LogP contribution in [-0.4, -0.2) is 46.5 Å². The number of thioether (sulfide) groups is 1. The zero-order chi connectivity index (χ0) is 11.3. The normalized spacial score (nSPS) is 21.1.